The fourth-order valence-corrected chi connectivity index (χ4v) is 4.02. The summed E-state index contributed by atoms with van der Waals surface area (Å²) in [5.41, 5.74) is -1.04. The molecule has 0 radical (unpaired) electrons. The predicted molar refractivity (Wildman–Crippen MR) is 113 cm³/mol. The van der Waals surface area contributed by atoms with Gasteiger partial charge in [-0.2, -0.15) is 0 Å². The highest BCUT2D eigenvalue weighted by Gasteiger charge is 2.49. The van der Waals surface area contributed by atoms with Crippen LogP contribution in [0.3, 0.4) is 0 Å². The molecule has 0 saturated carbocycles. The summed E-state index contributed by atoms with van der Waals surface area (Å²) in [6, 6.07) is 7.94. The predicted octanol–water partition coefficient (Wildman–Crippen LogP) is -1.85. The molecule has 2 saturated heterocycles. The van der Waals surface area contributed by atoms with Crippen molar-refractivity contribution in [2.45, 2.75) is 24.5 Å². The van der Waals surface area contributed by atoms with E-state index in [9.17, 15) is 29.4 Å². The van der Waals surface area contributed by atoms with Crippen LogP contribution in [0.1, 0.15) is 16.6 Å². The normalized spacial score (nSPS) is 25.2. The maximum Gasteiger partial charge on any atom is 0.330 e. The molecule has 0 unspecified atom stereocenters. The first-order valence-corrected chi connectivity index (χ1v) is 10.4. The van der Waals surface area contributed by atoms with Crippen molar-refractivity contribution in [3.8, 4) is 5.75 Å². The van der Waals surface area contributed by atoms with Crippen molar-refractivity contribution >= 4 is 11.8 Å². The van der Waals surface area contributed by atoms with Crippen LogP contribution in [0.2, 0.25) is 0 Å². The number of hydrogen-bond donors (Lipinski definition) is 3. The second-order valence-corrected chi connectivity index (χ2v) is 7.76. The van der Waals surface area contributed by atoms with Gasteiger partial charge in [-0.15, -0.1) is 0 Å². The van der Waals surface area contributed by atoms with Crippen LogP contribution < -0.4 is 16.0 Å². The Hall–Kier alpha value is -3.48. The molecule has 2 aromatic rings. The highest BCUT2D eigenvalue weighted by atomic mass is 16.6. The summed E-state index contributed by atoms with van der Waals surface area (Å²) in [4.78, 5) is 54.2. The van der Waals surface area contributed by atoms with Crippen molar-refractivity contribution in [3.63, 3.8) is 0 Å². The Kier molecular flexibility index (Phi) is 6.31. The van der Waals surface area contributed by atoms with Gasteiger partial charge in [0.15, 0.2) is 12.3 Å². The number of aliphatic hydroxyl groups is 2. The van der Waals surface area contributed by atoms with Crippen LogP contribution in [0.5, 0.6) is 5.75 Å². The highest BCUT2D eigenvalue weighted by Crippen LogP contribution is 2.30. The Labute approximate surface area is 187 Å². The van der Waals surface area contributed by atoms with E-state index in [0.717, 1.165) is 16.8 Å². The van der Waals surface area contributed by atoms with Crippen LogP contribution in [-0.2, 0) is 9.53 Å². The third-order valence-electron chi connectivity index (χ3n) is 5.82. The fourth-order valence-electron chi connectivity index (χ4n) is 4.02. The van der Waals surface area contributed by atoms with E-state index in [1.165, 1.54) is 12.0 Å². The van der Waals surface area contributed by atoms with Gasteiger partial charge in [-0.05, 0) is 12.1 Å². The third kappa shape index (κ3) is 4.27. The summed E-state index contributed by atoms with van der Waals surface area (Å²) < 4.78 is 11.7. The molecule has 33 heavy (non-hydrogen) atoms. The monoisotopic (exact) mass is 460 g/mol. The zero-order valence-electron chi connectivity index (χ0n) is 17.8. The number of hydrogen-bond acceptors (Lipinski definition) is 8. The lowest BCUT2D eigenvalue weighted by Gasteiger charge is -2.36. The molecule has 2 amide bonds. The van der Waals surface area contributed by atoms with Crippen molar-refractivity contribution in [3.05, 3.63) is 62.9 Å². The number of carbonyl (C=O) groups excluding carboxylic acids is 2. The molecular weight excluding hydrogens is 436 g/mol. The number of nitrogens with one attached hydrogen (secondary N) is 1. The van der Waals surface area contributed by atoms with Crippen LogP contribution in [0.25, 0.3) is 0 Å². The molecule has 3 heterocycles. The average Bonchev–Trinajstić information content (AvgIpc) is 3.12. The van der Waals surface area contributed by atoms with E-state index >= 15 is 0 Å². The topological polar surface area (TPSA) is 154 Å². The Morgan fingerprint density at radius 1 is 1.03 bits per heavy atom. The van der Waals surface area contributed by atoms with Gasteiger partial charge < -0.3 is 29.5 Å². The molecule has 1 aromatic carbocycles. The summed E-state index contributed by atoms with van der Waals surface area (Å²) in [7, 11) is 1.48. The van der Waals surface area contributed by atoms with Gasteiger partial charge in [-0.3, -0.25) is 23.9 Å². The molecule has 3 N–H and O–H groups in total. The number of amides is 2. The van der Waals surface area contributed by atoms with Gasteiger partial charge in [0.1, 0.15) is 18.0 Å². The van der Waals surface area contributed by atoms with Crippen LogP contribution in [-0.4, -0.2) is 93.0 Å². The van der Waals surface area contributed by atoms with Crippen molar-refractivity contribution < 1.29 is 29.3 Å². The standard InChI is InChI=1S/C21H24N4O8/c1-32-13-5-3-2-4-12(13)18(29)23-8-10-24(11-9-23)19(30)17-15(27)16(28)20(33-17)25-7-6-14(26)22-21(25)31/h2-7,15-17,20,27-28H,8-11H2,1H3,(H,22,26,31)/t15-,16+,17-,20+/m0/s1. The zero-order valence-corrected chi connectivity index (χ0v) is 17.8. The second kappa shape index (κ2) is 9.17. The zero-order chi connectivity index (χ0) is 23.7. The number of aromatic nitrogens is 2. The molecule has 0 spiro atoms. The largest absolute Gasteiger partial charge is 0.496 e. The quantitative estimate of drug-likeness (QED) is 0.480. The fraction of sp³-hybridized carbons (Fsp3) is 0.429. The lowest BCUT2D eigenvalue weighted by atomic mass is 10.1. The number of para-hydroxylation sites is 1. The second-order valence-electron chi connectivity index (χ2n) is 7.76. The molecule has 12 nitrogen and oxygen atoms in total. The van der Waals surface area contributed by atoms with Crippen molar-refractivity contribution in [2.75, 3.05) is 33.3 Å². The van der Waals surface area contributed by atoms with E-state index in [0.29, 0.717) is 11.3 Å². The number of aromatic amines is 1. The van der Waals surface area contributed by atoms with Gasteiger partial charge in [0.2, 0.25) is 0 Å². The van der Waals surface area contributed by atoms with E-state index < -0.39 is 41.7 Å². The Morgan fingerprint density at radius 2 is 1.70 bits per heavy atom. The van der Waals surface area contributed by atoms with E-state index in [4.69, 9.17) is 9.47 Å². The van der Waals surface area contributed by atoms with Gasteiger partial charge in [0.25, 0.3) is 17.4 Å². The summed E-state index contributed by atoms with van der Waals surface area (Å²) in [5.74, 6) is -0.323. The number of aliphatic hydroxyl groups excluding tert-OH is 2. The molecule has 2 aliphatic heterocycles. The molecule has 4 rings (SSSR count). The van der Waals surface area contributed by atoms with Crippen LogP contribution in [0.15, 0.2) is 46.1 Å². The number of ether oxygens (including phenoxy) is 2. The number of benzene rings is 1. The third-order valence-corrected chi connectivity index (χ3v) is 5.82. The molecule has 0 bridgehead atoms. The minimum atomic E-state index is -1.57. The Morgan fingerprint density at radius 3 is 2.36 bits per heavy atom. The average molecular weight is 460 g/mol. The lowest BCUT2D eigenvalue weighted by Crippen LogP contribution is -2.54. The van der Waals surface area contributed by atoms with Gasteiger partial charge in [-0.25, -0.2) is 4.79 Å². The highest BCUT2D eigenvalue weighted by molar-refractivity contribution is 5.97. The van der Waals surface area contributed by atoms with Crippen LogP contribution in [0, 0.1) is 0 Å². The molecule has 12 heteroatoms. The number of nitrogens with zero attached hydrogens (tertiary/aromatic N) is 3. The first-order chi connectivity index (χ1) is 15.8. The summed E-state index contributed by atoms with van der Waals surface area (Å²) in [6.45, 7) is 0.922. The van der Waals surface area contributed by atoms with E-state index in [-0.39, 0.29) is 32.1 Å². The van der Waals surface area contributed by atoms with Crippen LogP contribution >= 0.6 is 0 Å². The summed E-state index contributed by atoms with van der Waals surface area (Å²) in [6.07, 6.45) is -4.76. The first-order valence-electron chi connectivity index (χ1n) is 10.4. The van der Waals surface area contributed by atoms with E-state index in [1.54, 1.807) is 29.2 Å². The van der Waals surface area contributed by atoms with Crippen molar-refractivity contribution in [2.24, 2.45) is 0 Å². The van der Waals surface area contributed by atoms with Gasteiger partial charge >= 0.3 is 5.69 Å². The number of methoxy groups -OCH3 is 1. The number of carbonyl (C=O) groups is 2. The molecule has 0 aliphatic carbocycles. The SMILES string of the molecule is COc1ccccc1C(=O)N1CCN(C(=O)[C@H]2O[C@@H](n3ccc(=O)[nH]c3=O)[C@H](O)[C@@H]2O)CC1. The van der Waals surface area contributed by atoms with Gasteiger partial charge in [0.05, 0.1) is 12.7 Å². The maximum atomic E-state index is 13.0. The van der Waals surface area contributed by atoms with E-state index in [1.807, 2.05) is 4.98 Å². The molecular formula is C21H24N4O8. The van der Waals surface area contributed by atoms with Crippen molar-refractivity contribution in [1.82, 2.24) is 19.4 Å². The van der Waals surface area contributed by atoms with Gasteiger partial charge in [0, 0.05) is 38.4 Å². The molecule has 2 fully saturated rings. The minimum absolute atomic E-state index is 0.200. The molecule has 1 aromatic heterocycles. The summed E-state index contributed by atoms with van der Waals surface area (Å²) in [5, 5.41) is 20.7. The Bertz CT molecular complexity index is 1150. The number of piperazine rings is 1. The number of H-pyrrole nitrogens is 1. The first kappa shape index (κ1) is 22.7. The minimum Gasteiger partial charge on any atom is -0.496 e. The van der Waals surface area contributed by atoms with Crippen molar-refractivity contribution in [1.29, 1.82) is 0 Å². The number of rotatable bonds is 4. The molecule has 176 valence electrons. The maximum absolute atomic E-state index is 13.0. The smallest absolute Gasteiger partial charge is 0.330 e. The van der Waals surface area contributed by atoms with Gasteiger partial charge in [-0.1, -0.05) is 12.1 Å². The lowest BCUT2D eigenvalue weighted by molar-refractivity contribution is -0.150. The summed E-state index contributed by atoms with van der Waals surface area (Å²) >= 11 is 0. The Balaban J connectivity index is 1.42. The van der Waals surface area contributed by atoms with E-state index in [2.05, 4.69) is 0 Å². The molecule has 4 atom stereocenters. The molecule has 2 aliphatic rings. The van der Waals surface area contributed by atoms with Crippen LogP contribution in [0.4, 0.5) is 0 Å².